The molecule has 1 aliphatic carbocycles. The van der Waals surface area contributed by atoms with Crippen LogP contribution in [0.15, 0.2) is 30.4 Å². The van der Waals surface area contributed by atoms with Crippen LogP contribution in [-0.4, -0.2) is 24.1 Å². The summed E-state index contributed by atoms with van der Waals surface area (Å²) in [7, 11) is 0. The quantitative estimate of drug-likeness (QED) is 0.474. The van der Waals surface area contributed by atoms with E-state index in [0.717, 1.165) is 5.57 Å². The molecular formula is C13H15ClN2O3. The molecule has 0 aromatic heterocycles. The van der Waals surface area contributed by atoms with Gasteiger partial charge in [0.15, 0.2) is 0 Å². The summed E-state index contributed by atoms with van der Waals surface area (Å²) < 4.78 is 5.43. The van der Waals surface area contributed by atoms with Gasteiger partial charge in [0.05, 0.1) is 9.95 Å². The third-order valence-electron chi connectivity index (χ3n) is 2.78. The molecule has 1 fully saturated rings. The monoisotopic (exact) mass is 282 g/mol. The Morgan fingerprint density at radius 2 is 2.32 bits per heavy atom. The van der Waals surface area contributed by atoms with E-state index in [2.05, 4.69) is 11.9 Å². The van der Waals surface area contributed by atoms with Crippen molar-refractivity contribution in [2.75, 3.05) is 13.2 Å². The second kappa shape index (κ2) is 6.04. The largest absolute Gasteiger partial charge is 0.481 e. The van der Waals surface area contributed by atoms with Crippen molar-refractivity contribution in [3.8, 4) is 5.75 Å². The predicted molar refractivity (Wildman–Crippen MR) is 73.8 cm³/mol. The first-order valence-corrected chi connectivity index (χ1v) is 6.41. The van der Waals surface area contributed by atoms with Crippen molar-refractivity contribution < 1.29 is 9.66 Å². The van der Waals surface area contributed by atoms with Crippen LogP contribution in [0.25, 0.3) is 0 Å². The molecule has 0 saturated heterocycles. The van der Waals surface area contributed by atoms with Gasteiger partial charge in [0.2, 0.25) is 5.75 Å². The molecule has 0 atom stereocenters. The molecular weight excluding hydrogens is 268 g/mol. The van der Waals surface area contributed by atoms with Gasteiger partial charge >= 0.3 is 5.69 Å². The van der Waals surface area contributed by atoms with Crippen LogP contribution >= 0.6 is 11.6 Å². The Kier molecular flexibility index (Phi) is 4.39. The molecule has 0 unspecified atom stereocenters. The zero-order valence-electron chi connectivity index (χ0n) is 10.4. The first-order chi connectivity index (χ1) is 9.08. The fraction of sp³-hybridized carbons (Fsp3) is 0.385. The SMILES string of the molecule is C=C(CNC1CC1)COc1c(Cl)cccc1[N+](=O)[O-]. The van der Waals surface area contributed by atoms with Crippen molar-refractivity contribution in [2.45, 2.75) is 18.9 Å². The topological polar surface area (TPSA) is 64.4 Å². The zero-order chi connectivity index (χ0) is 13.8. The Bertz CT molecular complexity index is 501. The van der Waals surface area contributed by atoms with E-state index < -0.39 is 4.92 Å². The van der Waals surface area contributed by atoms with Gasteiger partial charge in [0.25, 0.3) is 0 Å². The van der Waals surface area contributed by atoms with E-state index in [0.29, 0.717) is 12.6 Å². The normalized spacial score (nSPS) is 14.2. The molecule has 19 heavy (non-hydrogen) atoms. The molecule has 1 saturated carbocycles. The molecule has 0 bridgehead atoms. The van der Waals surface area contributed by atoms with E-state index in [1.807, 2.05) is 0 Å². The smallest absolute Gasteiger partial charge is 0.312 e. The number of nitrogens with one attached hydrogen (secondary N) is 1. The lowest BCUT2D eigenvalue weighted by atomic mass is 10.3. The highest BCUT2D eigenvalue weighted by molar-refractivity contribution is 6.32. The van der Waals surface area contributed by atoms with Crippen LogP contribution in [0.3, 0.4) is 0 Å². The molecule has 6 heteroatoms. The number of nitro benzene ring substituents is 1. The van der Waals surface area contributed by atoms with Crippen molar-refractivity contribution in [1.82, 2.24) is 5.32 Å². The summed E-state index contributed by atoms with van der Waals surface area (Å²) in [4.78, 5) is 10.4. The summed E-state index contributed by atoms with van der Waals surface area (Å²) in [5, 5.41) is 14.4. The van der Waals surface area contributed by atoms with E-state index in [9.17, 15) is 10.1 Å². The molecule has 1 aromatic rings. The summed E-state index contributed by atoms with van der Waals surface area (Å²) in [6, 6.07) is 5.05. The highest BCUT2D eigenvalue weighted by Gasteiger charge is 2.21. The molecule has 0 amide bonds. The van der Waals surface area contributed by atoms with E-state index in [4.69, 9.17) is 16.3 Å². The molecule has 0 radical (unpaired) electrons. The molecule has 1 aliphatic rings. The Labute approximate surface area is 116 Å². The predicted octanol–water partition coefficient (Wildman–Crippen LogP) is 2.94. The Morgan fingerprint density at radius 3 is 2.95 bits per heavy atom. The van der Waals surface area contributed by atoms with E-state index in [1.54, 1.807) is 6.07 Å². The maximum absolute atomic E-state index is 10.9. The summed E-state index contributed by atoms with van der Waals surface area (Å²) in [6.07, 6.45) is 2.40. The molecule has 1 N–H and O–H groups in total. The number of ether oxygens (including phenoxy) is 1. The first-order valence-electron chi connectivity index (χ1n) is 6.03. The van der Waals surface area contributed by atoms with Gasteiger partial charge in [-0.2, -0.15) is 0 Å². The van der Waals surface area contributed by atoms with Crippen LogP contribution in [0, 0.1) is 10.1 Å². The minimum Gasteiger partial charge on any atom is -0.481 e. The fourth-order valence-corrected chi connectivity index (χ4v) is 1.81. The zero-order valence-corrected chi connectivity index (χ0v) is 11.2. The van der Waals surface area contributed by atoms with Crippen molar-refractivity contribution in [1.29, 1.82) is 0 Å². The first kappa shape index (κ1) is 13.8. The van der Waals surface area contributed by atoms with Crippen molar-refractivity contribution in [3.63, 3.8) is 0 Å². The maximum Gasteiger partial charge on any atom is 0.312 e. The third kappa shape index (κ3) is 3.94. The summed E-state index contributed by atoms with van der Waals surface area (Å²) in [5.74, 6) is 0.0988. The average Bonchev–Trinajstić information content (AvgIpc) is 3.18. The standard InChI is InChI=1S/C13H15ClN2O3/c1-9(7-15-10-5-6-10)8-19-13-11(14)3-2-4-12(13)16(17)18/h2-4,10,15H,1,5-8H2. The lowest BCUT2D eigenvalue weighted by Crippen LogP contribution is -2.21. The minimum atomic E-state index is -0.508. The van der Waals surface area contributed by atoms with Crippen molar-refractivity contribution in [2.24, 2.45) is 0 Å². The number of nitrogens with zero attached hydrogens (tertiary/aromatic N) is 1. The van der Waals surface area contributed by atoms with Crippen LogP contribution < -0.4 is 10.1 Å². The fourth-order valence-electron chi connectivity index (χ4n) is 1.59. The number of hydrogen-bond acceptors (Lipinski definition) is 4. The van der Waals surface area contributed by atoms with Gasteiger partial charge in [-0.15, -0.1) is 0 Å². The van der Waals surface area contributed by atoms with Crippen LogP contribution in [0.1, 0.15) is 12.8 Å². The van der Waals surface area contributed by atoms with Crippen LogP contribution in [0.2, 0.25) is 5.02 Å². The Morgan fingerprint density at radius 1 is 1.58 bits per heavy atom. The van der Waals surface area contributed by atoms with E-state index >= 15 is 0 Å². The number of halogens is 1. The van der Waals surface area contributed by atoms with Gasteiger partial charge in [0.1, 0.15) is 6.61 Å². The van der Waals surface area contributed by atoms with Gasteiger partial charge in [-0.1, -0.05) is 24.2 Å². The maximum atomic E-state index is 10.9. The van der Waals surface area contributed by atoms with Gasteiger partial charge in [-0.05, 0) is 24.5 Å². The molecule has 2 rings (SSSR count). The Balaban J connectivity index is 1.94. The summed E-state index contributed by atoms with van der Waals surface area (Å²) in [6.45, 7) is 4.74. The van der Waals surface area contributed by atoms with Gasteiger partial charge < -0.3 is 10.1 Å². The van der Waals surface area contributed by atoms with Crippen LogP contribution in [0.4, 0.5) is 5.69 Å². The van der Waals surface area contributed by atoms with E-state index in [-0.39, 0.29) is 23.1 Å². The van der Waals surface area contributed by atoms with Gasteiger partial charge in [-0.25, -0.2) is 0 Å². The minimum absolute atomic E-state index is 0.0988. The Hall–Kier alpha value is -1.59. The highest BCUT2D eigenvalue weighted by atomic mass is 35.5. The van der Waals surface area contributed by atoms with Gasteiger partial charge in [-0.3, -0.25) is 10.1 Å². The summed E-state index contributed by atoms with van der Waals surface area (Å²) >= 11 is 5.92. The molecule has 1 aromatic carbocycles. The number of nitro groups is 1. The molecule has 0 aliphatic heterocycles. The number of hydrogen-bond donors (Lipinski definition) is 1. The number of benzene rings is 1. The molecule has 102 valence electrons. The van der Waals surface area contributed by atoms with E-state index in [1.165, 1.54) is 25.0 Å². The molecule has 0 heterocycles. The lowest BCUT2D eigenvalue weighted by molar-refractivity contribution is -0.385. The summed E-state index contributed by atoms with van der Waals surface area (Å²) in [5.41, 5.74) is 0.705. The highest BCUT2D eigenvalue weighted by Crippen LogP contribution is 2.34. The van der Waals surface area contributed by atoms with Gasteiger partial charge in [0, 0.05) is 18.7 Å². The van der Waals surface area contributed by atoms with Crippen molar-refractivity contribution in [3.05, 3.63) is 45.5 Å². The second-order valence-electron chi connectivity index (χ2n) is 4.54. The molecule has 5 nitrogen and oxygen atoms in total. The third-order valence-corrected chi connectivity index (χ3v) is 3.08. The van der Waals surface area contributed by atoms with Crippen LogP contribution in [0.5, 0.6) is 5.75 Å². The average molecular weight is 283 g/mol. The number of para-hydroxylation sites is 1. The number of rotatable bonds is 7. The van der Waals surface area contributed by atoms with Crippen LogP contribution in [-0.2, 0) is 0 Å². The molecule has 0 spiro atoms. The van der Waals surface area contributed by atoms with Crippen molar-refractivity contribution >= 4 is 17.3 Å². The lowest BCUT2D eigenvalue weighted by Gasteiger charge is -2.10. The second-order valence-corrected chi connectivity index (χ2v) is 4.95.